The molecule has 5 aromatic rings. The van der Waals surface area contributed by atoms with Crippen LogP contribution >= 0.6 is 27.5 Å². The number of esters is 1. The lowest BCUT2D eigenvalue weighted by Gasteiger charge is -2.09. The number of nitrogens with zero attached hydrogens (tertiary/aromatic N) is 5. The minimum absolute atomic E-state index is 0.0832. The lowest BCUT2D eigenvalue weighted by Crippen LogP contribution is -2.14. The summed E-state index contributed by atoms with van der Waals surface area (Å²) in [6, 6.07) is 15.9. The van der Waals surface area contributed by atoms with Crippen molar-refractivity contribution in [2.45, 2.75) is 13.7 Å². The lowest BCUT2D eigenvalue weighted by molar-refractivity contribution is 0.0528. The number of hydrogen-bond acceptors (Lipinski definition) is 7. The van der Waals surface area contributed by atoms with Gasteiger partial charge in [0.05, 0.1) is 23.5 Å². The predicted octanol–water partition coefficient (Wildman–Crippen LogP) is 5.47. The molecule has 0 saturated carbocycles. The van der Waals surface area contributed by atoms with Crippen molar-refractivity contribution in [3.63, 3.8) is 0 Å². The Morgan fingerprint density at radius 1 is 1.13 bits per heavy atom. The zero-order valence-corrected chi connectivity index (χ0v) is 22.3. The van der Waals surface area contributed by atoms with E-state index in [0.29, 0.717) is 27.8 Å². The van der Waals surface area contributed by atoms with E-state index in [0.717, 1.165) is 10.0 Å². The van der Waals surface area contributed by atoms with Gasteiger partial charge in [-0.25, -0.2) is 19.0 Å². The SMILES string of the molecule is CCOC(=O)c1cnn2c(-c3cccc(NC(=O)c4ccn(COc5ccc(Br)cc5Cl)n4)c3)ccnc12. The van der Waals surface area contributed by atoms with Crippen LogP contribution in [0.15, 0.2) is 77.7 Å². The summed E-state index contributed by atoms with van der Waals surface area (Å²) in [6.45, 7) is 2.07. The smallest absolute Gasteiger partial charge is 0.343 e. The van der Waals surface area contributed by atoms with Crippen molar-refractivity contribution >= 4 is 50.7 Å². The van der Waals surface area contributed by atoms with Crippen LogP contribution in [-0.2, 0) is 11.5 Å². The van der Waals surface area contributed by atoms with Gasteiger partial charge in [-0.05, 0) is 49.4 Å². The van der Waals surface area contributed by atoms with Gasteiger partial charge in [-0.15, -0.1) is 0 Å². The van der Waals surface area contributed by atoms with Crippen LogP contribution in [0.4, 0.5) is 5.69 Å². The highest BCUT2D eigenvalue weighted by Gasteiger charge is 2.17. The van der Waals surface area contributed by atoms with E-state index in [4.69, 9.17) is 21.1 Å². The third kappa shape index (κ3) is 5.38. The van der Waals surface area contributed by atoms with Crippen molar-refractivity contribution < 1.29 is 19.1 Å². The number of anilines is 1. The number of halogens is 2. The second-order valence-corrected chi connectivity index (χ2v) is 9.29. The molecule has 12 heteroatoms. The predicted molar refractivity (Wildman–Crippen MR) is 144 cm³/mol. The van der Waals surface area contributed by atoms with Crippen molar-refractivity contribution in [1.29, 1.82) is 0 Å². The van der Waals surface area contributed by atoms with Crippen LogP contribution in [0.3, 0.4) is 0 Å². The van der Waals surface area contributed by atoms with E-state index < -0.39 is 5.97 Å². The third-order valence-corrected chi connectivity index (χ3v) is 6.22. The molecule has 38 heavy (non-hydrogen) atoms. The number of amides is 1. The summed E-state index contributed by atoms with van der Waals surface area (Å²) in [4.78, 5) is 29.4. The summed E-state index contributed by atoms with van der Waals surface area (Å²) in [5.74, 6) is -0.367. The molecule has 2 aromatic carbocycles. The first-order valence-electron chi connectivity index (χ1n) is 11.5. The molecule has 0 bridgehead atoms. The van der Waals surface area contributed by atoms with Gasteiger partial charge in [0.2, 0.25) is 0 Å². The Hall–Kier alpha value is -4.22. The minimum Gasteiger partial charge on any atom is -0.470 e. The molecule has 1 amide bonds. The number of ether oxygens (including phenoxy) is 2. The number of hydrogen-bond donors (Lipinski definition) is 1. The highest BCUT2D eigenvalue weighted by molar-refractivity contribution is 9.10. The molecule has 5 rings (SSSR count). The van der Waals surface area contributed by atoms with Gasteiger partial charge < -0.3 is 14.8 Å². The summed E-state index contributed by atoms with van der Waals surface area (Å²) < 4.78 is 14.7. The van der Waals surface area contributed by atoms with E-state index in [1.54, 1.807) is 66.3 Å². The topological polar surface area (TPSA) is 113 Å². The van der Waals surface area contributed by atoms with Gasteiger partial charge >= 0.3 is 5.97 Å². The minimum atomic E-state index is -0.488. The summed E-state index contributed by atoms with van der Waals surface area (Å²) in [6.07, 6.45) is 4.67. The molecule has 0 radical (unpaired) electrons. The van der Waals surface area contributed by atoms with Gasteiger partial charge in [-0.1, -0.05) is 39.7 Å². The van der Waals surface area contributed by atoms with Crippen molar-refractivity contribution in [2.24, 2.45) is 0 Å². The Kier molecular flexibility index (Phi) is 7.38. The quantitative estimate of drug-likeness (QED) is 0.237. The van der Waals surface area contributed by atoms with E-state index >= 15 is 0 Å². The summed E-state index contributed by atoms with van der Waals surface area (Å²) in [5, 5.41) is 11.9. The van der Waals surface area contributed by atoms with Crippen molar-refractivity contribution in [1.82, 2.24) is 24.4 Å². The molecular formula is C26H20BrClN6O4. The van der Waals surface area contributed by atoms with Crippen LogP contribution in [0.1, 0.15) is 27.8 Å². The highest BCUT2D eigenvalue weighted by atomic mass is 79.9. The number of carbonyl (C=O) groups is 2. The zero-order chi connectivity index (χ0) is 26.6. The van der Waals surface area contributed by atoms with E-state index in [2.05, 4.69) is 36.4 Å². The highest BCUT2D eigenvalue weighted by Crippen LogP contribution is 2.28. The Bertz CT molecular complexity index is 1650. The molecule has 0 aliphatic rings. The number of nitrogens with one attached hydrogen (secondary N) is 1. The van der Waals surface area contributed by atoms with Gasteiger partial charge in [0.25, 0.3) is 5.91 Å². The fourth-order valence-electron chi connectivity index (χ4n) is 3.70. The van der Waals surface area contributed by atoms with E-state index in [9.17, 15) is 9.59 Å². The molecule has 0 atom stereocenters. The Balaban J connectivity index is 1.30. The molecule has 10 nitrogen and oxygen atoms in total. The standard InChI is InChI=1S/C26H20BrClN6O4/c1-2-37-26(36)19-14-30-34-22(8-10-29-24(19)34)16-4-3-5-18(12-16)31-25(35)21-9-11-33(32-21)15-38-23-7-6-17(27)13-20(23)28/h3-14H,2,15H2,1H3,(H,31,35). The molecule has 1 N–H and O–H groups in total. The van der Waals surface area contributed by atoms with Crippen LogP contribution in [-0.4, -0.2) is 42.9 Å². The zero-order valence-electron chi connectivity index (χ0n) is 20.0. The van der Waals surface area contributed by atoms with Gasteiger partial charge in [0, 0.05) is 28.1 Å². The second kappa shape index (κ2) is 11.0. The molecular weight excluding hydrogens is 576 g/mol. The molecule has 0 spiro atoms. The van der Waals surface area contributed by atoms with Gasteiger partial charge in [0.1, 0.15) is 11.3 Å². The fraction of sp³-hybridized carbons (Fsp3) is 0.115. The van der Waals surface area contributed by atoms with Gasteiger partial charge in [0.15, 0.2) is 18.1 Å². The molecule has 0 aliphatic carbocycles. The largest absolute Gasteiger partial charge is 0.470 e. The Morgan fingerprint density at radius 3 is 2.82 bits per heavy atom. The molecule has 0 saturated heterocycles. The number of benzene rings is 2. The van der Waals surface area contributed by atoms with E-state index in [-0.39, 0.29) is 30.5 Å². The molecule has 0 fully saturated rings. The first kappa shape index (κ1) is 25.4. The van der Waals surface area contributed by atoms with Crippen LogP contribution in [0, 0.1) is 0 Å². The number of aromatic nitrogens is 5. The van der Waals surface area contributed by atoms with Gasteiger partial charge in [-0.3, -0.25) is 4.79 Å². The normalized spacial score (nSPS) is 10.9. The first-order valence-corrected chi connectivity index (χ1v) is 12.6. The maximum Gasteiger partial charge on any atom is 0.343 e. The lowest BCUT2D eigenvalue weighted by atomic mass is 10.1. The first-order chi connectivity index (χ1) is 18.4. The molecule has 0 unspecified atom stereocenters. The molecule has 0 aliphatic heterocycles. The molecule has 3 heterocycles. The number of carbonyl (C=O) groups excluding carboxylic acids is 2. The van der Waals surface area contributed by atoms with Crippen LogP contribution < -0.4 is 10.1 Å². The summed E-state index contributed by atoms with van der Waals surface area (Å²) >= 11 is 9.53. The van der Waals surface area contributed by atoms with Crippen molar-refractivity contribution in [2.75, 3.05) is 11.9 Å². The third-order valence-electron chi connectivity index (χ3n) is 5.43. The van der Waals surface area contributed by atoms with Crippen LogP contribution in [0.5, 0.6) is 5.75 Å². The van der Waals surface area contributed by atoms with Crippen LogP contribution in [0.2, 0.25) is 5.02 Å². The Labute approximate surface area is 230 Å². The number of fused-ring (bicyclic) bond motifs is 1. The van der Waals surface area contributed by atoms with E-state index in [1.165, 1.54) is 10.9 Å². The summed E-state index contributed by atoms with van der Waals surface area (Å²) in [5.41, 5.74) is 2.89. The second-order valence-electron chi connectivity index (χ2n) is 7.97. The average Bonchev–Trinajstić information content (AvgIpc) is 3.56. The Morgan fingerprint density at radius 2 is 2.00 bits per heavy atom. The van der Waals surface area contributed by atoms with Gasteiger partial charge in [-0.2, -0.15) is 10.2 Å². The molecule has 192 valence electrons. The van der Waals surface area contributed by atoms with Crippen molar-refractivity contribution in [3.8, 4) is 17.0 Å². The maximum atomic E-state index is 12.9. The monoisotopic (exact) mass is 594 g/mol. The van der Waals surface area contributed by atoms with Crippen molar-refractivity contribution in [3.05, 3.63) is 93.9 Å². The molecule has 3 aromatic heterocycles. The average molecular weight is 596 g/mol. The maximum absolute atomic E-state index is 12.9. The fourth-order valence-corrected chi connectivity index (χ4v) is 4.42. The van der Waals surface area contributed by atoms with E-state index in [1.807, 2.05) is 12.1 Å². The summed E-state index contributed by atoms with van der Waals surface area (Å²) in [7, 11) is 0. The number of rotatable bonds is 8. The van der Waals surface area contributed by atoms with Crippen LogP contribution in [0.25, 0.3) is 16.9 Å².